The number of nitrogens with zero attached hydrogens (tertiary/aromatic N) is 1. The van der Waals surface area contributed by atoms with E-state index in [9.17, 15) is 9.90 Å². The maximum absolute atomic E-state index is 12.0. The normalized spacial score (nSPS) is 31.6. The van der Waals surface area contributed by atoms with E-state index < -0.39 is 11.5 Å². The molecule has 0 spiro atoms. The van der Waals surface area contributed by atoms with E-state index >= 15 is 0 Å². The number of nitrogens with one attached hydrogen (secondary N) is 1. The summed E-state index contributed by atoms with van der Waals surface area (Å²) in [6.07, 6.45) is 9.46. The van der Waals surface area contributed by atoms with Crippen LogP contribution in [0.3, 0.4) is 0 Å². The van der Waals surface area contributed by atoms with Gasteiger partial charge < -0.3 is 5.11 Å². The molecule has 0 amide bonds. The third-order valence-electron chi connectivity index (χ3n) is 5.34. The first kappa shape index (κ1) is 14.3. The third kappa shape index (κ3) is 3.01. The summed E-state index contributed by atoms with van der Waals surface area (Å²) in [6, 6.07) is 0.977. The highest BCUT2D eigenvalue weighted by Crippen LogP contribution is 2.42. The number of aliphatic carboxylic acids is 1. The number of likely N-dealkylation sites (tertiary alicyclic amines) is 1. The lowest BCUT2D eigenvalue weighted by molar-refractivity contribution is -0.147. The highest BCUT2D eigenvalue weighted by molar-refractivity contribution is 5.80. The van der Waals surface area contributed by atoms with E-state index in [1.807, 2.05) is 0 Å². The topological polar surface area (TPSA) is 52.6 Å². The standard InChI is InChI=1S/C16H28N2O2/c1-12-5-3-2-4-10-18(12)11-16(15(19)20,13-6-7-13)17-14-8-9-14/h12-14,17H,2-11H2,1H3,(H,19,20). The van der Waals surface area contributed by atoms with Crippen molar-refractivity contribution in [2.45, 2.75) is 75.9 Å². The zero-order chi connectivity index (χ0) is 14.2. The number of rotatable bonds is 6. The Bertz CT molecular complexity index is 365. The summed E-state index contributed by atoms with van der Waals surface area (Å²) in [5.41, 5.74) is -0.681. The molecule has 0 aromatic rings. The molecule has 2 unspecified atom stereocenters. The fourth-order valence-electron chi connectivity index (χ4n) is 3.65. The highest BCUT2D eigenvalue weighted by Gasteiger charge is 2.54. The third-order valence-corrected chi connectivity index (χ3v) is 5.34. The number of carbonyl (C=O) groups is 1. The molecule has 0 aromatic heterocycles. The maximum atomic E-state index is 12.0. The van der Waals surface area contributed by atoms with E-state index in [0.29, 0.717) is 24.5 Å². The zero-order valence-corrected chi connectivity index (χ0v) is 12.6. The van der Waals surface area contributed by atoms with Crippen molar-refractivity contribution >= 4 is 5.97 Å². The Labute approximate surface area is 121 Å². The SMILES string of the molecule is CC1CCCCCN1CC(NC1CC1)(C(=O)O)C1CC1. The molecular weight excluding hydrogens is 252 g/mol. The average molecular weight is 280 g/mol. The molecule has 0 radical (unpaired) electrons. The van der Waals surface area contributed by atoms with Gasteiger partial charge in [-0.3, -0.25) is 15.0 Å². The molecule has 1 saturated heterocycles. The second-order valence-electron chi connectivity index (χ2n) is 7.14. The minimum Gasteiger partial charge on any atom is -0.480 e. The lowest BCUT2D eigenvalue weighted by atomic mass is 9.91. The molecule has 2 N–H and O–H groups in total. The van der Waals surface area contributed by atoms with Crippen molar-refractivity contribution in [1.29, 1.82) is 0 Å². The Kier molecular flexibility index (Phi) is 4.04. The Morgan fingerprint density at radius 2 is 1.95 bits per heavy atom. The van der Waals surface area contributed by atoms with Crippen LogP contribution in [-0.4, -0.2) is 46.7 Å². The van der Waals surface area contributed by atoms with Gasteiger partial charge in [-0.05, 0) is 57.9 Å². The average Bonchev–Trinajstić information content (AvgIpc) is 3.27. The first-order valence-corrected chi connectivity index (χ1v) is 8.37. The van der Waals surface area contributed by atoms with Gasteiger partial charge in [0.25, 0.3) is 0 Å². The molecule has 1 heterocycles. The summed E-state index contributed by atoms with van der Waals surface area (Å²) in [7, 11) is 0. The molecule has 4 heteroatoms. The van der Waals surface area contributed by atoms with Crippen LogP contribution in [0.15, 0.2) is 0 Å². The van der Waals surface area contributed by atoms with Crippen LogP contribution >= 0.6 is 0 Å². The summed E-state index contributed by atoms with van der Waals surface area (Å²) in [6.45, 7) is 4.03. The van der Waals surface area contributed by atoms with Crippen LogP contribution in [0.2, 0.25) is 0 Å². The van der Waals surface area contributed by atoms with E-state index in [2.05, 4.69) is 17.1 Å². The second-order valence-corrected chi connectivity index (χ2v) is 7.14. The van der Waals surface area contributed by atoms with Crippen LogP contribution < -0.4 is 5.32 Å². The van der Waals surface area contributed by atoms with Crippen LogP contribution in [-0.2, 0) is 4.79 Å². The summed E-state index contributed by atoms with van der Waals surface area (Å²) in [4.78, 5) is 14.5. The van der Waals surface area contributed by atoms with E-state index in [0.717, 1.165) is 32.2 Å². The number of hydrogen-bond donors (Lipinski definition) is 2. The molecule has 20 heavy (non-hydrogen) atoms. The van der Waals surface area contributed by atoms with Gasteiger partial charge in [-0.2, -0.15) is 0 Å². The molecule has 0 bridgehead atoms. The van der Waals surface area contributed by atoms with Crippen molar-refractivity contribution in [2.24, 2.45) is 5.92 Å². The maximum Gasteiger partial charge on any atom is 0.325 e. The predicted octanol–water partition coefficient (Wildman–Crippen LogP) is 2.24. The Balaban J connectivity index is 1.75. The number of carboxylic acids is 1. The second kappa shape index (κ2) is 5.64. The molecule has 3 fully saturated rings. The minimum atomic E-state index is -0.681. The molecule has 2 aliphatic carbocycles. The molecule has 4 nitrogen and oxygen atoms in total. The van der Waals surface area contributed by atoms with Crippen molar-refractivity contribution in [1.82, 2.24) is 10.2 Å². The Morgan fingerprint density at radius 3 is 2.55 bits per heavy atom. The molecule has 3 aliphatic rings. The van der Waals surface area contributed by atoms with Gasteiger partial charge in [-0.25, -0.2) is 0 Å². The number of hydrogen-bond acceptors (Lipinski definition) is 3. The lowest BCUT2D eigenvalue weighted by Gasteiger charge is -2.38. The molecule has 114 valence electrons. The van der Waals surface area contributed by atoms with Gasteiger partial charge in [-0.15, -0.1) is 0 Å². The monoisotopic (exact) mass is 280 g/mol. The highest BCUT2D eigenvalue weighted by atomic mass is 16.4. The molecule has 2 saturated carbocycles. The van der Waals surface area contributed by atoms with Gasteiger partial charge in [0.05, 0.1) is 0 Å². The van der Waals surface area contributed by atoms with Gasteiger partial charge in [0.15, 0.2) is 0 Å². The van der Waals surface area contributed by atoms with Gasteiger partial charge in [0.1, 0.15) is 5.54 Å². The van der Waals surface area contributed by atoms with Crippen molar-refractivity contribution in [3.8, 4) is 0 Å². The largest absolute Gasteiger partial charge is 0.480 e. The first-order chi connectivity index (χ1) is 9.62. The van der Waals surface area contributed by atoms with Crippen LogP contribution in [0, 0.1) is 5.92 Å². The molecular formula is C16H28N2O2. The van der Waals surface area contributed by atoms with Gasteiger partial charge in [0.2, 0.25) is 0 Å². The first-order valence-electron chi connectivity index (χ1n) is 8.37. The van der Waals surface area contributed by atoms with Crippen molar-refractivity contribution in [3.05, 3.63) is 0 Å². The van der Waals surface area contributed by atoms with Crippen LogP contribution in [0.1, 0.15) is 58.3 Å². The minimum absolute atomic E-state index is 0.344. The van der Waals surface area contributed by atoms with Crippen molar-refractivity contribution in [2.75, 3.05) is 13.1 Å². The Morgan fingerprint density at radius 1 is 1.20 bits per heavy atom. The summed E-state index contributed by atoms with van der Waals surface area (Å²) < 4.78 is 0. The fraction of sp³-hybridized carbons (Fsp3) is 0.938. The molecule has 0 aromatic carbocycles. The Hall–Kier alpha value is -0.610. The molecule has 1 aliphatic heterocycles. The zero-order valence-electron chi connectivity index (χ0n) is 12.6. The van der Waals surface area contributed by atoms with Gasteiger partial charge in [0, 0.05) is 18.6 Å². The molecule has 2 atom stereocenters. The molecule has 3 rings (SSSR count). The van der Waals surface area contributed by atoms with Crippen molar-refractivity contribution < 1.29 is 9.90 Å². The lowest BCUT2D eigenvalue weighted by Crippen LogP contribution is -2.62. The van der Waals surface area contributed by atoms with E-state index in [1.54, 1.807) is 0 Å². The van der Waals surface area contributed by atoms with Crippen LogP contribution in [0.4, 0.5) is 0 Å². The van der Waals surface area contributed by atoms with Gasteiger partial charge in [-0.1, -0.05) is 12.8 Å². The van der Waals surface area contributed by atoms with Crippen molar-refractivity contribution in [3.63, 3.8) is 0 Å². The summed E-state index contributed by atoms with van der Waals surface area (Å²) >= 11 is 0. The van der Waals surface area contributed by atoms with Crippen LogP contribution in [0.5, 0.6) is 0 Å². The van der Waals surface area contributed by atoms with Crippen LogP contribution in [0.25, 0.3) is 0 Å². The summed E-state index contributed by atoms with van der Waals surface area (Å²) in [5.74, 6) is -0.278. The smallest absolute Gasteiger partial charge is 0.325 e. The predicted molar refractivity (Wildman–Crippen MR) is 78.8 cm³/mol. The van der Waals surface area contributed by atoms with E-state index in [-0.39, 0.29) is 0 Å². The van der Waals surface area contributed by atoms with E-state index in [1.165, 1.54) is 25.7 Å². The number of carboxylic acid groups (broad SMARTS) is 1. The van der Waals surface area contributed by atoms with Gasteiger partial charge >= 0.3 is 5.97 Å². The quantitative estimate of drug-likeness (QED) is 0.783. The fourth-order valence-corrected chi connectivity index (χ4v) is 3.65. The summed E-state index contributed by atoms with van der Waals surface area (Å²) in [5, 5.41) is 13.4. The van der Waals surface area contributed by atoms with E-state index in [4.69, 9.17) is 0 Å².